The van der Waals surface area contributed by atoms with E-state index in [1.54, 1.807) is 0 Å². The minimum Gasteiger partial charge on any atom is -0.491 e. The lowest BCUT2D eigenvalue weighted by atomic mass is 10.2. The number of hydrogen-bond acceptors (Lipinski definition) is 4. The first-order chi connectivity index (χ1) is 9.69. The summed E-state index contributed by atoms with van der Waals surface area (Å²) in [5, 5.41) is 22.6. The van der Waals surface area contributed by atoms with Crippen LogP contribution in [-0.2, 0) is 6.42 Å². The smallest absolute Gasteiger partial charge is 0.119 e. The Morgan fingerprint density at radius 1 is 1.30 bits per heavy atom. The molecule has 1 aromatic rings. The van der Waals surface area contributed by atoms with E-state index in [2.05, 4.69) is 18.3 Å². The van der Waals surface area contributed by atoms with Crippen LogP contribution < -0.4 is 10.1 Å². The number of aliphatic hydroxyl groups is 2. The Bertz CT molecular complexity index is 406. The van der Waals surface area contributed by atoms with E-state index in [1.807, 2.05) is 18.2 Å². The Hall–Kier alpha value is -1.10. The topological polar surface area (TPSA) is 61.7 Å². The van der Waals surface area contributed by atoms with Crippen LogP contribution in [0.1, 0.15) is 25.3 Å². The van der Waals surface area contributed by atoms with Gasteiger partial charge in [0.25, 0.3) is 0 Å². The predicted molar refractivity (Wildman–Crippen MR) is 78.9 cm³/mol. The van der Waals surface area contributed by atoms with Gasteiger partial charge in [0.05, 0.1) is 6.10 Å². The van der Waals surface area contributed by atoms with Crippen molar-refractivity contribution in [2.24, 2.45) is 5.92 Å². The molecule has 4 nitrogen and oxygen atoms in total. The molecule has 1 fully saturated rings. The molecular formula is C16H25NO3. The van der Waals surface area contributed by atoms with Crippen LogP contribution in [0.4, 0.5) is 0 Å². The summed E-state index contributed by atoms with van der Waals surface area (Å²) in [6, 6.07) is 7.92. The van der Waals surface area contributed by atoms with Gasteiger partial charge in [-0.25, -0.2) is 0 Å². The molecule has 1 saturated carbocycles. The van der Waals surface area contributed by atoms with Gasteiger partial charge in [0.15, 0.2) is 0 Å². The number of ether oxygens (including phenoxy) is 1. The fraction of sp³-hybridized carbons (Fsp3) is 0.625. The van der Waals surface area contributed by atoms with Gasteiger partial charge >= 0.3 is 0 Å². The zero-order chi connectivity index (χ0) is 14.4. The highest BCUT2D eigenvalue weighted by atomic mass is 16.5. The minimum atomic E-state index is -0.563. The van der Waals surface area contributed by atoms with Gasteiger partial charge in [-0.2, -0.15) is 0 Å². The van der Waals surface area contributed by atoms with E-state index in [-0.39, 0.29) is 12.7 Å². The first-order valence-electron chi connectivity index (χ1n) is 7.47. The average molecular weight is 279 g/mol. The molecule has 0 aliphatic heterocycles. The van der Waals surface area contributed by atoms with Crippen LogP contribution in [0.2, 0.25) is 0 Å². The second-order valence-corrected chi connectivity index (χ2v) is 5.53. The number of nitrogens with one attached hydrogen (secondary N) is 1. The van der Waals surface area contributed by atoms with E-state index in [1.165, 1.54) is 5.56 Å². The lowest BCUT2D eigenvalue weighted by molar-refractivity contribution is 0.0966. The van der Waals surface area contributed by atoms with Gasteiger partial charge in [0.2, 0.25) is 0 Å². The van der Waals surface area contributed by atoms with Crippen LogP contribution in [0.25, 0.3) is 0 Å². The molecule has 1 aliphatic carbocycles. The Morgan fingerprint density at radius 2 is 2.10 bits per heavy atom. The Morgan fingerprint density at radius 3 is 2.80 bits per heavy atom. The molecule has 0 heterocycles. The van der Waals surface area contributed by atoms with Crippen LogP contribution in [0.15, 0.2) is 24.3 Å². The Kier molecular flexibility index (Phi) is 5.83. The molecule has 3 N–H and O–H groups in total. The van der Waals surface area contributed by atoms with E-state index in [0.717, 1.165) is 25.0 Å². The van der Waals surface area contributed by atoms with Crippen molar-refractivity contribution in [3.8, 4) is 5.75 Å². The molecule has 0 radical (unpaired) electrons. The molecule has 2 unspecified atom stereocenters. The van der Waals surface area contributed by atoms with Crippen molar-refractivity contribution < 1.29 is 14.9 Å². The van der Waals surface area contributed by atoms with Crippen LogP contribution in [0.5, 0.6) is 5.75 Å². The Balaban J connectivity index is 1.62. The van der Waals surface area contributed by atoms with Gasteiger partial charge < -0.3 is 20.3 Å². The number of hydrogen-bond donors (Lipinski definition) is 3. The molecule has 4 heteroatoms. The summed E-state index contributed by atoms with van der Waals surface area (Å²) < 4.78 is 5.58. The van der Waals surface area contributed by atoms with E-state index < -0.39 is 6.10 Å². The first-order valence-corrected chi connectivity index (χ1v) is 7.47. The number of aliphatic hydroxyl groups excluding tert-OH is 2. The molecule has 2 atom stereocenters. The summed E-state index contributed by atoms with van der Waals surface area (Å²) in [5.74, 6) is 1.26. The molecule has 1 aromatic carbocycles. The molecule has 1 aliphatic rings. The maximum Gasteiger partial charge on any atom is 0.119 e. The summed E-state index contributed by atoms with van der Waals surface area (Å²) in [6.45, 7) is 3.35. The van der Waals surface area contributed by atoms with Crippen molar-refractivity contribution in [3.63, 3.8) is 0 Å². The van der Waals surface area contributed by atoms with Crippen LogP contribution in [0, 0.1) is 5.92 Å². The highest BCUT2D eigenvalue weighted by molar-refractivity contribution is 5.28. The highest BCUT2D eigenvalue weighted by Crippen LogP contribution is 2.32. The normalized spacial score (nSPS) is 17.8. The van der Waals surface area contributed by atoms with Gasteiger partial charge in [0.1, 0.15) is 18.5 Å². The zero-order valence-electron chi connectivity index (χ0n) is 12.1. The third kappa shape index (κ3) is 5.12. The van der Waals surface area contributed by atoms with Crippen molar-refractivity contribution in [2.75, 3.05) is 19.7 Å². The number of benzene rings is 1. The Labute approximate surface area is 120 Å². The number of rotatable bonds is 9. The molecule has 0 saturated heterocycles. The third-order valence-corrected chi connectivity index (χ3v) is 3.65. The van der Waals surface area contributed by atoms with Gasteiger partial charge in [-0.3, -0.25) is 0 Å². The molecule has 112 valence electrons. The molecule has 0 spiro atoms. The van der Waals surface area contributed by atoms with Crippen molar-refractivity contribution in [2.45, 2.75) is 38.4 Å². The molecule has 0 amide bonds. The quantitative estimate of drug-likeness (QED) is 0.638. The summed E-state index contributed by atoms with van der Waals surface area (Å²) in [6.07, 6.45) is 2.39. The van der Waals surface area contributed by atoms with Crippen molar-refractivity contribution in [1.82, 2.24) is 5.32 Å². The molecule has 0 bridgehead atoms. The zero-order valence-corrected chi connectivity index (χ0v) is 12.1. The molecular weight excluding hydrogens is 254 g/mol. The van der Waals surface area contributed by atoms with E-state index in [9.17, 15) is 10.2 Å². The van der Waals surface area contributed by atoms with Gasteiger partial charge in [-0.15, -0.1) is 0 Å². The largest absolute Gasteiger partial charge is 0.491 e. The van der Waals surface area contributed by atoms with Crippen molar-refractivity contribution >= 4 is 0 Å². The summed E-state index contributed by atoms with van der Waals surface area (Å²) in [5.41, 5.74) is 1.22. The lowest BCUT2D eigenvalue weighted by Crippen LogP contribution is -2.36. The average Bonchev–Trinajstić information content (AvgIpc) is 3.30. The van der Waals surface area contributed by atoms with E-state index >= 15 is 0 Å². The first kappa shape index (κ1) is 15.3. The fourth-order valence-corrected chi connectivity index (χ4v) is 2.15. The van der Waals surface area contributed by atoms with E-state index in [0.29, 0.717) is 19.0 Å². The standard InChI is InChI=1S/C16H25NO3/c1-2-12-4-3-5-15(8-12)20-11-14(18)9-17-10-16(19)13-6-7-13/h3-5,8,13-14,16-19H,2,6-7,9-11H2,1H3. The minimum absolute atomic E-state index is 0.264. The number of aryl methyl sites for hydroxylation is 1. The summed E-state index contributed by atoms with van der Waals surface area (Å²) in [7, 11) is 0. The maximum atomic E-state index is 9.83. The summed E-state index contributed by atoms with van der Waals surface area (Å²) in [4.78, 5) is 0. The lowest BCUT2D eigenvalue weighted by Gasteiger charge is -2.15. The monoisotopic (exact) mass is 279 g/mol. The molecule has 20 heavy (non-hydrogen) atoms. The predicted octanol–water partition coefficient (Wildman–Crippen LogP) is 1.35. The van der Waals surface area contributed by atoms with Crippen LogP contribution >= 0.6 is 0 Å². The molecule has 2 rings (SSSR count). The van der Waals surface area contributed by atoms with Gasteiger partial charge in [-0.1, -0.05) is 19.1 Å². The third-order valence-electron chi connectivity index (χ3n) is 3.65. The second-order valence-electron chi connectivity index (χ2n) is 5.53. The highest BCUT2D eigenvalue weighted by Gasteiger charge is 2.29. The maximum absolute atomic E-state index is 9.83. The van der Waals surface area contributed by atoms with Crippen LogP contribution in [0.3, 0.4) is 0 Å². The summed E-state index contributed by atoms with van der Waals surface area (Å²) >= 11 is 0. The molecule has 0 aromatic heterocycles. The van der Waals surface area contributed by atoms with Crippen molar-refractivity contribution in [1.29, 1.82) is 0 Å². The van der Waals surface area contributed by atoms with Crippen molar-refractivity contribution in [3.05, 3.63) is 29.8 Å². The SMILES string of the molecule is CCc1cccc(OCC(O)CNCC(O)C2CC2)c1. The van der Waals surface area contributed by atoms with Gasteiger partial charge in [0, 0.05) is 13.1 Å². The second kappa shape index (κ2) is 7.62. The van der Waals surface area contributed by atoms with Gasteiger partial charge in [-0.05, 0) is 42.9 Å². The van der Waals surface area contributed by atoms with Crippen LogP contribution in [-0.4, -0.2) is 42.1 Å². The van der Waals surface area contributed by atoms with E-state index in [4.69, 9.17) is 4.74 Å². The fourth-order valence-electron chi connectivity index (χ4n) is 2.15.